The molecule has 0 saturated carbocycles. The normalized spacial score (nSPS) is 26.9. The van der Waals surface area contributed by atoms with Gasteiger partial charge in [-0.2, -0.15) is 0 Å². The molecular weight excluding hydrogens is 320 g/mol. The van der Waals surface area contributed by atoms with Gasteiger partial charge in [-0.25, -0.2) is 4.79 Å². The minimum atomic E-state index is -0.729. The molecule has 2 N–H and O–H groups in total. The number of nitrogens with zero attached hydrogens (tertiary/aromatic N) is 1. The highest BCUT2D eigenvalue weighted by molar-refractivity contribution is 9.11. The molecule has 19 heavy (non-hydrogen) atoms. The second kappa shape index (κ2) is 6.18. The summed E-state index contributed by atoms with van der Waals surface area (Å²) in [6, 6.07) is 1.23. The molecule has 1 aliphatic rings. The lowest BCUT2D eigenvalue weighted by Crippen LogP contribution is -2.31. The fourth-order valence-electron chi connectivity index (χ4n) is 1.88. The van der Waals surface area contributed by atoms with Crippen molar-refractivity contribution in [3.8, 4) is 0 Å². The van der Waals surface area contributed by atoms with Gasteiger partial charge in [-0.05, 0) is 0 Å². The van der Waals surface area contributed by atoms with Gasteiger partial charge in [0.2, 0.25) is 0 Å². The molecule has 0 amide bonds. The lowest BCUT2D eigenvalue weighted by atomic mass is 10.2. The molecular formula is C11H13BrN2O5. The summed E-state index contributed by atoms with van der Waals surface area (Å²) >= 11 is 3.05. The fourth-order valence-corrected chi connectivity index (χ4v) is 2.03. The van der Waals surface area contributed by atoms with E-state index in [-0.39, 0.29) is 13.0 Å². The molecule has 0 bridgehead atoms. The Labute approximate surface area is 116 Å². The van der Waals surface area contributed by atoms with E-state index in [4.69, 9.17) is 9.47 Å². The molecule has 2 heterocycles. The summed E-state index contributed by atoms with van der Waals surface area (Å²) in [7, 11) is 0. The van der Waals surface area contributed by atoms with E-state index in [0.717, 1.165) is 0 Å². The van der Waals surface area contributed by atoms with Crippen molar-refractivity contribution in [2.24, 2.45) is 0 Å². The summed E-state index contributed by atoms with van der Waals surface area (Å²) in [6.45, 7) is 0.178. The van der Waals surface area contributed by atoms with Crippen LogP contribution in [0.1, 0.15) is 12.6 Å². The van der Waals surface area contributed by atoms with Crippen LogP contribution in [0.2, 0.25) is 0 Å². The number of nitrogens with one attached hydrogen (secondary N) is 1. The summed E-state index contributed by atoms with van der Waals surface area (Å²) < 4.78 is 11.9. The van der Waals surface area contributed by atoms with Crippen LogP contribution in [0.4, 0.5) is 0 Å². The molecule has 1 aromatic rings. The van der Waals surface area contributed by atoms with Crippen LogP contribution in [0, 0.1) is 0 Å². The highest BCUT2D eigenvalue weighted by atomic mass is 79.9. The van der Waals surface area contributed by atoms with Gasteiger partial charge in [-0.3, -0.25) is 14.3 Å². The zero-order valence-electron chi connectivity index (χ0n) is 9.86. The van der Waals surface area contributed by atoms with E-state index in [1.165, 1.54) is 28.1 Å². The van der Waals surface area contributed by atoms with Gasteiger partial charge in [0.1, 0.15) is 18.9 Å². The van der Waals surface area contributed by atoms with Crippen LogP contribution in [-0.2, 0) is 9.47 Å². The first-order valence-electron chi connectivity index (χ1n) is 5.63. The van der Waals surface area contributed by atoms with Crippen LogP contribution < -0.4 is 11.2 Å². The van der Waals surface area contributed by atoms with Gasteiger partial charge in [-0.15, -0.1) is 0 Å². The van der Waals surface area contributed by atoms with Crippen molar-refractivity contribution >= 4 is 15.9 Å². The monoisotopic (exact) mass is 332 g/mol. The molecule has 0 spiro atoms. The molecule has 7 nitrogen and oxygen atoms in total. The van der Waals surface area contributed by atoms with Crippen molar-refractivity contribution in [2.45, 2.75) is 24.9 Å². The van der Waals surface area contributed by atoms with E-state index in [1.807, 2.05) is 0 Å². The quantitative estimate of drug-likeness (QED) is 0.761. The number of hydrogen-bond donors (Lipinski definition) is 2. The summed E-state index contributed by atoms with van der Waals surface area (Å²) in [4.78, 5) is 26.2. The Morgan fingerprint density at radius 3 is 3.11 bits per heavy atom. The number of aliphatic hydroxyl groups excluding tert-OH is 1. The second-order valence-electron chi connectivity index (χ2n) is 4.05. The maximum absolute atomic E-state index is 11.6. The molecule has 1 aliphatic heterocycles. The molecule has 1 aromatic heterocycles. The summed E-state index contributed by atoms with van der Waals surface area (Å²) in [5, 5.41) is 9.84. The van der Waals surface area contributed by atoms with Crippen molar-refractivity contribution in [3.05, 3.63) is 44.3 Å². The largest absolute Gasteiger partial charge is 0.498 e. The first-order valence-corrected chi connectivity index (χ1v) is 6.55. The molecule has 104 valence electrons. The molecule has 1 fully saturated rings. The highest BCUT2D eigenvalue weighted by Crippen LogP contribution is 2.27. The number of aromatic nitrogens is 2. The van der Waals surface area contributed by atoms with Crippen molar-refractivity contribution in [3.63, 3.8) is 0 Å². The number of aliphatic hydroxyl groups is 1. The van der Waals surface area contributed by atoms with Gasteiger partial charge in [0.15, 0.2) is 0 Å². The highest BCUT2D eigenvalue weighted by Gasteiger charge is 2.35. The smallest absolute Gasteiger partial charge is 0.330 e. The predicted octanol–water partition coefficient (Wildman–Crippen LogP) is 0.0677. The second-order valence-corrected chi connectivity index (χ2v) is 4.57. The zero-order chi connectivity index (χ0) is 13.8. The van der Waals surface area contributed by atoms with Gasteiger partial charge < -0.3 is 14.6 Å². The average Bonchev–Trinajstić information content (AvgIpc) is 2.71. The predicted molar refractivity (Wildman–Crippen MR) is 69.9 cm³/mol. The topological polar surface area (TPSA) is 93.6 Å². The lowest BCUT2D eigenvalue weighted by Gasteiger charge is -2.15. The summed E-state index contributed by atoms with van der Waals surface area (Å²) in [5.41, 5.74) is -1.03. The van der Waals surface area contributed by atoms with Crippen LogP contribution in [0.15, 0.2) is 33.1 Å². The first kappa shape index (κ1) is 14.0. The molecule has 0 aliphatic carbocycles. The van der Waals surface area contributed by atoms with E-state index in [9.17, 15) is 14.7 Å². The van der Waals surface area contributed by atoms with Gasteiger partial charge in [0, 0.05) is 23.7 Å². The maximum atomic E-state index is 11.6. The average molecular weight is 333 g/mol. The minimum absolute atomic E-state index is 0.178. The van der Waals surface area contributed by atoms with Crippen molar-refractivity contribution in [1.29, 1.82) is 0 Å². The third-order valence-electron chi connectivity index (χ3n) is 2.77. The Balaban J connectivity index is 2.07. The molecule has 0 aromatic carbocycles. The number of halogens is 1. The number of H-pyrrole nitrogens is 1. The number of aromatic amines is 1. The number of ether oxygens (including phenoxy) is 2. The minimum Gasteiger partial charge on any atom is -0.498 e. The Hall–Kier alpha value is -1.38. The standard InChI is InChI=1S/C11H13BrN2O5/c12-2-4-18-6-8-7(15)5-10(19-8)14-3-1-9(16)13-11(14)17/h1-4,7-8,10,15H,5-6H2,(H,13,16,17)/b4-2+. The molecule has 0 radical (unpaired) electrons. The van der Waals surface area contributed by atoms with Gasteiger partial charge >= 0.3 is 5.69 Å². The van der Waals surface area contributed by atoms with Crippen LogP contribution in [0.25, 0.3) is 0 Å². The van der Waals surface area contributed by atoms with E-state index >= 15 is 0 Å². The lowest BCUT2D eigenvalue weighted by molar-refractivity contribution is -0.0484. The zero-order valence-corrected chi connectivity index (χ0v) is 11.4. The number of hydrogen-bond acceptors (Lipinski definition) is 5. The van der Waals surface area contributed by atoms with Crippen LogP contribution in [0.5, 0.6) is 0 Å². The fraction of sp³-hybridized carbons (Fsp3) is 0.455. The Morgan fingerprint density at radius 1 is 1.63 bits per heavy atom. The molecule has 8 heteroatoms. The van der Waals surface area contributed by atoms with Crippen molar-refractivity contribution in [1.82, 2.24) is 9.55 Å². The molecule has 3 unspecified atom stereocenters. The van der Waals surface area contributed by atoms with Crippen LogP contribution >= 0.6 is 15.9 Å². The van der Waals surface area contributed by atoms with E-state index < -0.39 is 29.7 Å². The summed E-state index contributed by atoms with van der Waals surface area (Å²) in [5.74, 6) is 0. The Bertz CT molecular complexity index is 567. The first-order chi connectivity index (χ1) is 9.11. The van der Waals surface area contributed by atoms with Crippen molar-refractivity contribution < 1.29 is 14.6 Å². The Morgan fingerprint density at radius 2 is 2.42 bits per heavy atom. The number of rotatable bonds is 4. The van der Waals surface area contributed by atoms with E-state index in [0.29, 0.717) is 0 Å². The molecule has 3 atom stereocenters. The van der Waals surface area contributed by atoms with Crippen LogP contribution in [-0.4, -0.2) is 33.5 Å². The SMILES string of the molecule is O=c1ccn(C2CC(O)C(CO/C=C/Br)O2)c(=O)[nH]1. The third-order valence-corrected chi connectivity index (χ3v) is 2.99. The van der Waals surface area contributed by atoms with E-state index in [2.05, 4.69) is 20.9 Å². The third kappa shape index (κ3) is 3.34. The van der Waals surface area contributed by atoms with Gasteiger partial charge in [0.05, 0.1) is 12.4 Å². The molecule has 1 saturated heterocycles. The maximum Gasteiger partial charge on any atom is 0.330 e. The van der Waals surface area contributed by atoms with Gasteiger partial charge in [0.25, 0.3) is 5.56 Å². The summed E-state index contributed by atoms with van der Waals surface area (Å²) in [6.07, 6.45) is 1.18. The van der Waals surface area contributed by atoms with Crippen molar-refractivity contribution in [2.75, 3.05) is 6.61 Å². The Kier molecular flexibility index (Phi) is 4.56. The van der Waals surface area contributed by atoms with E-state index in [1.54, 1.807) is 0 Å². The molecule has 2 rings (SSSR count). The van der Waals surface area contributed by atoms with Crippen LogP contribution in [0.3, 0.4) is 0 Å². The van der Waals surface area contributed by atoms with Gasteiger partial charge in [-0.1, -0.05) is 15.9 Å².